The standard InChI is InChI=1S/C19H35NO4/c1-5-7-8-9-10-11-12-13-15-23-18(21)17(16(3)4)20-19(22)24-14-6-2/h6,16-17H,2,5,7-15H2,1,3-4H3,(H,20,22). The number of ether oxygens (including phenoxy) is 2. The number of esters is 1. The second-order valence-corrected chi connectivity index (χ2v) is 6.40. The largest absolute Gasteiger partial charge is 0.464 e. The quantitative estimate of drug-likeness (QED) is 0.285. The van der Waals surface area contributed by atoms with Crippen LogP contribution in [0.1, 0.15) is 72.1 Å². The molecule has 1 atom stereocenters. The van der Waals surface area contributed by atoms with Crippen LogP contribution in [0.2, 0.25) is 0 Å². The van der Waals surface area contributed by atoms with Crippen molar-refractivity contribution in [3.63, 3.8) is 0 Å². The smallest absolute Gasteiger partial charge is 0.408 e. The van der Waals surface area contributed by atoms with Gasteiger partial charge in [0.05, 0.1) is 6.61 Å². The Morgan fingerprint density at radius 2 is 1.58 bits per heavy atom. The predicted molar refractivity (Wildman–Crippen MR) is 96.9 cm³/mol. The van der Waals surface area contributed by atoms with Crippen LogP contribution in [0.3, 0.4) is 0 Å². The van der Waals surface area contributed by atoms with Gasteiger partial charge in [0, 0.05) is 0 Å². The molecular weight excluding hydrogens is 306 g/mol. The molecule has 0 bridgehead atoms. The van der Waals surface area contributed by atoms with Crippen molar-refractivity contribution in [2.24, 2.45) is 5.92 Å². The second-order valence-electron chi connectivity index (χ2n) is 6.40. The lowest BCUT2D eigenvalue weighted by molar-refractivity contribution is -0.147. The third kappa shape index (κ3) is 12.0. The molecule has 24 heavy (non-hydrogen) atoms. The summed E-state index contributed by atoms with van der Waals surface area (Å²) < 4.78 is 10.1. The average molecular weight is 341 g/mol. The van der Waals surface area contributed by atoms with E-state index in [1.54, 1.807) is 0 Å². The van der Waals surface area contributed by atoms with Crippen molar-refractivity contribution in [1.82, 2.24) is 5.32 Å². The van der Waals surface area contributed by atoms with Crippen molar-refractivity contribution in [1.29, 1.82) is 0 Å². The molecule has 5 nitrogen and oxygen atoms in total. The maximum Gasteiger partial charge on any atom is 0.408 e. The van der Waals surface area contributed by atoms with E-state index < -0.39 is 18.1 Å². The average Bonchev–Trinajstić information content (AvgIpc) is 2.55. The Hall–Kier alpha value is -1.52. The van der Waals surface area contributed by atoms with E-state index in [2.05, 4.69) is 18.8 Å². The molecule has 0 heterocycles. The van der Waals surface area contributed by atoms with Crippen LogP contribution < -0.4 is 5.32 Å². The number of alkyl carbamates (subject to hydrolysis) is 1. The van der Waals surface area contributed by atoms with Gasteiger partial charge in [0.15, 0.2) is 0 Å². The summed E-state index contributed by atoms with van der Waals surface area (Å²) in [7, 11) is 0. The maximum atomic E-state index is 12.1. The third-order valence-electron chi connectivity index (χ3n) is 3.77. The fourth-order valence-electron chi connectivity index (χ4n) is 2.30. The summed E-state index contributed by atoms with van der Waals surface area (Å²) >= 11 is 0. The Bertz CT molecular complexity index is 355. The summed E-state index contributed by atoms with van der Waals surface area (Å²) in [6, 6.07) is -0.684. The highest BCUT2D eigenvalue weighted by molar-refractivity contribution is 5.81. The topological polar surface area (TPSA) is 64.6 Å². The van der Waals surface area contributed by atoms with Crippen molar-refractivity contribution in [2.45, 2.75) is 78.2 Å². The minimum absolute atomic E-state index is 0.0626. The van der Waals surface area contributed by atoms with Crippen molar-refractivity contribution >= 4 is 12.1 Å². The molecule has 1 N–H and O–H groups in total. The molecule has 0 aromatic carbocycles. The molecule has 0 aromatic rings. The minimum atomic E-state index is -0.684. The number of nitrogens with one attached hydrogen (secondary N) is 1. The van der Waals surface area contributed by atoms with E-state index in [0.29, 0.717) is 6.61 Å². The van der Waals surface area contributed by atoms with Gasteiger partial charge >= 0.3 is 12.1 Å². The highest BCUT2D eigenvalue weighted by Crippen LogP contribution is 2.09. The molecule has 0 spiro atoms. The molecule has 0 aromatic heterocycles. The van der Waals surface area contributed by atoms with Crippen molar-refractivity contribution in [2.75, 3.05) is 13.2 Å². The van der Waals surface area contributed by atoms with Gasteiger partial charge in [-0.25, -0.2) is 9.59 Å². The number of unbranched alkanes of at least 4 members (excludes halogenated alkanes) is 7. The normalized spacial score (nSPS) is 11.8. The van der Waals surface area contributed by atoms with Crippen LogP contribution in [-0.4, -0.2) is 31.3 Å². The first kappa shape index (κ1) is 22.5. The molecule has 0 rings (SSSR count). The number of amides is 1. The molecule has 5 heteroatoms. The summed E-state index contributed by atoms with van der Waals surface area (Å²) in [6.45, 7) is 9.92. The molecule has 140 valence electrons. The molecule has 0 fully saturated rings. The highest BCUT2D eigenvalue weighted by atomic mass is 16.6. The molecule has 0 aliphatic rings. The van der Waals surface area contributed by atoms with Gasteiger partial charge in [-0.2, -0.15) is 0 Å². The van der Waals surface area contributed by atoms with Gasteiger partial charge in [0.2, 0.25) is 0 Å². The van der Waals surface area contributed by atoms with Gasteiger partial charge in [-0.15, -0.1) is 0 Å². The second kappa shape index (κ2) is 15.0. The van der Waals surface area contributed by atoms with E-state index in [4.69, 9.17) is 9.47 Å². The Kier molecular flexibility index (Phi) is 14.1. The fourth-order valence-corrected chi connectivity index (χ4v) is 2.30. The lowest BCUT2D eigenvalue weighted by Gasteiger charge is -2.20. The first-order valence-corrected chi connectivity index (χ1v) is 9.23. The third-order valence-corrected chi connectivity index (χ3v) is 3.77. The molecule has 1 unspecified atom stereocenters. The molecular formula is C19H35NO4. The SMILES string of the molecule is C=CCOC(=O)NC(C(=O)OCCCCCCCCCC)C(C)C. The summed E-state index contributed by atoms with van der Waals surface area (Å²) in [5, 5.41) is 2.55. The van der Waals surface area contributed by atoms with Crippen LogP contribution in [0, 0.1) is 5.92 Å². The zero-order valence-electron chi connectivity index (χ0n) is 15.6. The first-order chi connectivity index (χ1) is 11.5. The Balaban J connectivity index is 3.87. The molecule has 0 radical (unpaired) electrons. The first-order valence-electron chi connectivity index (χ1n) is 9.23. The maximum absolute atomic E-state index is 12.1. The van der Waals surface area contributed by atoms with E-state index in [-0.39, 0.29) is 12.5 Å². The number of hydrogen-bond donors (Lipinski definition) is 1. The van der Waals surface area contributed by atoms with E-state index in [9.17, 15) is 9.59 Å². The highest BCUT2D eigenvalue weighted by Gasteiger charge is 2.26. The minimum Gasteiger partial charge on any atom is -0.464 e. The molecule has 0 aliphatic carbocycles. The van der Waals surface area contributed by atoms with Crippen LogP contribution in [0.5, 0.6) is 0 Å². The van der Waals surface area contributed by atoms with Crippen LogP contribution in [0.25, 0.3) is 0 Å². The van der Waals surface area contributed by atoms with Crippen LogP contribution in [0.4, 0.5) is 4.79 Å². The zero-order chi connectivity index (χ0) is 18.2. The Morgan fingerprint density at radius 1 is 1.00 bits per heavy atom. The van der Waals surface area contributed by atoms with E-state index in [1.165, 1.54) is 44.6 Å². The van der Waals surface area contributed by atoms with E-state index in [0.717, 1.165) is 12.8 Å². The fraction of sp³-hybridized carbons (Fsp3) is 0.789. The summed E-state index contributed by atoms with van der Waals surface area (Å²) in [6.07, 6.45) is 10.4. The summed E-state index contributed by atoms with van der Waals surface area (Å²) in [5.74, 6) is -0.462. The van der Waals surface area contributed by atoms with Crippen molar-refractivity contribution < 1.29 is 19.1 Å². The molecule has 0 saturated heterocycles. The lowest BCUT2D eigenvalue weighted by Crippen LogP contribution is -2.45. The number of carbonyl (C=O) groups excluding carboxylic acids is 2. The zero-order valence-corrected chi connectivity index (χ0v) is 15.6. The monoisotopic (exact) mass is 341 g/mol. The lowest BCUT2D eigenvalue weighted by atomic mass is 10.1. The van der Waals surface area contributed by atoms with Gasteiger partial charge in [-0.3, -0.25) is 0 Å². The summed E-state index contributed by atoms with van der Waals surface area (Å²) in [5.41, 5.74) is 0. The molecule has 0 saturated carbocycles. The van der Waals surface area contributed by atoms with Crippen LogP contribution >= 0.6 is 0 Å². The predicted octanol–water partition coefficient (Wildman–Crippen LogP) is 4.61. The van der Waals surface area contributed by atoms with Crippen LogP contribution in [-0.2, 0) is 14.3 Å². The molecule has 1 amide bonds. The van der Waals surface area contributed by atoms with Crippen molar-refractivity contribution in [3.05, 3.63) is 12.7 Å². The molecule has 0 aliphatic heterocycles. The number of carbonyl (C=O) groups is 2. The van der Waals surface area contributed by atoms with Gasteiger partial charge in [0.1, 0.15) is 12.6 Å². The van der Waals surface area contributed by atoms with Gasteiger partial charge < -0.3 is 14.8 Å². The van der Waals surface area contributed by atoms with Gasteiger partial charge in [0.25, 0.3) is 0 Å². The summed E-state index contributed by atoms with van der Waals surface area (Å²) in [4.78, 5) is 23.6. The number of hydrogen-bond acceptors (Lipinski definition) is 4. The van der Waals surface area contributed by atoms with Crippen molar-refractivity contribution in [3.8, 4) is 0 Å². The Labute approximate surface area is 147 Å². The Morgan fingerprint density at radius 3 is 2.12 bits per heavy atom. The van der Waals surface area contributed by atoms with Gasteiger partial charge in [-0.1, -0.05) is 78.4 Å². The van der Waals surface area contributed by atoms with Crippen LogP contribution in [0.15, 0.2) is 12.7 Å². The number of rotatable bonds is 14. The van der Waals surface area contributed by atoms with Gasteiger partial charge in [-0.05, 0) is 12.3 Å². The van der Waals surface area contributed by atoms with E-state index in [1.807, 2.05) is 13.8 Å². The van der Waals surface area contributed by atoms with E-state index >= 15 is 0 Å².